The highest BCUT2D eigenvalue weighted by Gasteiger charge is 2.46. The molecule has 140 valence electrons. The highest BCUT2D eigenvalue weighted by molar-refractivity contribution is 6.09. The number of amides is 1. The van der Waals surface area contributed by atoms with Crippen LogP contribution in [0.25, 0.3) is 0 Å². The number of rotatable bonds is 2. The summed E-state index contributed by atoms with van der Waals surface area (Å²) in [5.41, 5.74) is 2.91. The quantitative estimate of drug-likeness (QED) is 0.809. The second-order valence-electron chi connectivity index (χ2n) is 7.30. The monoisotopic (exact) mass is 366 g/mol. The number of ether oxygens (including phenoxy) is 1. The van der Waals surface area contributed by atoms with E-state index in [4.69, 9.17) is 4.74 Å². The first kappa shape index (κ1) is 17.5. The van der Waals surface area contributed by atoms with Gasteiger partial charge in [0.1, 0.15) is 5.70 Å². The van der Waals surface area contributed by atoms with Crippen LogP contribution in [0.15, 0.2) is 52.9 Å². The van der Waals surface area contributed by atoms with Crippen LogP contribution < -0.4 is 5.32 Å². The van der Waals surface area contributed by atoms with Crippen LogP contribution >= 0.6 is 0 Å². The summed E-state index contributed by atoms with van der Waals surface area (Å²) in [5.74, 6) is -1.19. The van der Waals surface area contributed by atoms with Crippen LogP contribution in [-0.2, 0) is 19.1 Å². The normalized spacial score (nSPS) is 25.0. The van der Waals surface area contributed by atoms with E-state index < -0.39 is 11.9 Å². The fourth-order valence-electron chi connectivity index (χ4n) is 4.40. The highest BCUT2D eigenvalue weighted by atomic mass is 16.5. The molecule has 0 saturated carbocycles. The lowest BCUT2D eigenvalue weighted by Crippen LogP contribution is -2.50. The number of ketones is 1. The number of hydrogen-bond acceptors (Lipinski definition) is 5. The maximum atomic E-state index is 13.1. The predicted octanol–water partition coefficient (Wildman–Crippen LogP) is 1.90. The first-order valence-electron chi connectivity index (χ1n) is 9.22. The lowest BCUT2D eigenvalue weighted by Gasteiger charge is -2.44. The van der Waals surface area contributed by atoms with Gasteiger partial charge in [0.15, 0.2) is 5.78 Å². The van der Waals surface area contributed by atoms with Gasteiger partial charge in [-0.1, -0.05) is 37.3 Å². The Balaban J connectivity index is 2.01. The molecule has 1 aromatic rings. The number of nitrogens with one attached hydrogen (secondary N) is 1. The van der Waals surface area contributed by atoms with Crippen molar-refractivity contribution < 1.29 is 19.1 Å². The van der Waals surface area contributed by atoms with Gasteiger partial charge < -0.3 is 15.0 Å². The molecular weight excluding hydrogens is 344 g/mol. The van der Waals surface area contributed by atoms with Crippen molar-refractivity contribution in [1.29, 1.82) is 0 Å². The van der Waals surface area contributed by atoms with Crippen molar-refractivity contribution in [3.8, 4) is 0 Å². The molecule has 2 atom stereocenters. The molecule has 1 aromatic carbocycles. The Bertz CT molecular complexity index is 885. The van der Waals surface area contributed by atoms with E-state index in [2.05, 4.69) is 5.32 Å². The molecule has 1 amide bonds. The number of carbonyl (C=O) groups is 3. The Hall–Kier alpha value is -2.89. The maximum absolute atomic E-state index is 13.1. The highest BCUT2D eigenvalue weighted by Crippen LogP contribution is 2.47. The second-order valence-corrected chi connectivity index (χ2v) is 7.30. The number of benzene rings is 1. The van der Waals surface area contributed by atoms with Gasteiger partial charge in [-0.25, -0.2) is 4.79 Å². The molecule has 2 unspecified atom stereocenters. The average Bonchev–Trinajstić information content (AvgIpc) is 2.67. The van der Waals surface area contributed by atoms with Gasteiger partial charge in [-0.15, -0.1) is 0 Å². The van der Waals surface area contributed by atoms with Gasteiger partial charge in [0.2, 0.25) is 0 Å². The molecule has 6 heteroatoms. The van der Waals surface area contributed by atoms with Crippen molar-refractivity contribution in [2.24, 2.45) is 5.92 Å². The molecule has 1 aliphatic carbocycles. The van der Waals surface area contributed by atoms with Crippen LogP contribution in [-0.4, -0.2) is 42.8 Å². The number of hydrogen-bond donors (Lipinski definition) is 1. The summed E-state index contributed by atoms with van der Waals surface area (Å²) in [6, 6.07) is 9.41. The molecule has 0 aromatic heterocycles. The molecule has 2 aliphatic heterocycles. The zero-order valence-electron chi connectivity index (χ0n) is 15.5. The van der Waals surface area contributed by atoms with Gasteiger partial charge in [0.05, 0.1) is 12.7 Å². The molecule has 0 radical (unpaired) electrons. The van der Waals surface area contributed by atoms with Gasteiger partial charge in [-0.05, 0) is 17.9 Å². The second kappa shape index (κ2) is 6.68. The van der Waals surface area contributed by atoms with Crippen LogP contribution in [0.1, 0.15) is 31.2 Å². The molecule has 1 fully saturated rings. The van der Waals surface area contributed by atoms with Crippen molar-refractivity contribution in [2.75, 3.05) is 20.2 Å². The number of Topliss-reactive ketones (excluding diaryl/α,β-unsaturated/α-hetero) is 1. The molecule has 4 rings (SSSR count). The van der Waals surface area contributed by atoms with Crippen molar-refractivity contribution in [3.63, 3.8) is 0 Å². The van der Waals surface area contributed by atoms with E-state index >= 15 is 0 Å². The standard InChI is InChI=1S/C21H22N2O4/c1-12-10-14-17(15(24)11-12)16(13-6-4-3-5-7-13)18(21(26)27-2)19-20(25)22-8-9-23(14)19/h3-7,12,16H,8-11H2,1-2H3,(H,22,25). The van der Waals surface area contributed by atoms with E-state index in [1.807, 2.05) is 42.2 Å². The molecule has 0 spiro atoms. The Morgan fingerprint density at radius 1 is 1.19 bits per heavy atom. The molecular formula is C21H22N2O4. The third-order valence-electron chi connectivity index (χ3n) is 5.49. The summed E-state index contributed by atoms with van der Waals surface area (Å²) in [5, 5.41) is 2.83. The molecule has 1 N–H and O–H groups in total. The van der Waals surface area contributed by atoms with Crippen molar-refractivity contribution in [1.82, 2.24) is 10.2 Å². The van der Waals surface area contributed by atoms with Crippen LogP contribution in [0, 0.1) is 5.92 Å². The summed E-state index contributed by atoms with van der Waals surface area (Å²) >= 11 is 0. The number of esters is 1. The Morgan fingerprint density at radius 3 is 2.63 bits per heavy atom. The number of carbonyl (C=O) groups excluding carboxylic acids is 3. The predicted molar refractivity (Wildman–Crippen MR) is 98.4 cm³/mol. The average molecular weight is 366 g/mol. The zero-order valence-corrected chi connectivity index (χ0v) is 15.5. The van der Waals surface area contributed by atoms with E-state index in [0.717, 1.165) is 17.7 Å². The van der Waals surface area contributed by atoms with Crippen molar-refractivity contribution in [3.05, 3.63) is 58.4 Å². The van der Waals surface area contributed by atoms with Crippen LogP contribution in [0.5, 0.6) is 0 Å². The summed E-state index contributed by atoms with van der Waals surface area (Å²) in [4.78, 5) is 40.5. The SMILES string of the molecule is COC(=O)C1=C2C(=O)NCCN2C2=C(C(=O)CC(C)C2)C1c1ccccc1. The molecule has 0 bridgehead atoms. The van der Waals surface area contributed by atoms with Crippen molar-refractivity contribution in [2.45, 2.75) is 25.7 Å². The molecule has 6 nitrogen and oxygen atoms in total. The number of nitrogens with zero attached hydrogens (tertiary/aromatic N) is 1. The first-order chi connectivity index (χ1) is 13.0. The number of piperazine rings is 1. The fourth-order valence-corrected chi connectivity index (χ4v) is 4.40. The lowest BCUT2D eigenvalue weighted by molar-refractivity contribution is -0.137. The van der Waals surface area contributed by atoms with E-state index in [9.17, 15) is 14.4 Å². The third kappa shape index (κ3) is 2.76. The molecule has 2 heterocycles. The number of fused-ring (bicyclic) bond motifs is 2. The number of allylic oxidation sites excluding steroid dienone is 2. The topological polar surface area (TPSA) is 75.7 Å². The van der Waals surface area contributed by atoms with Crippen LogP contribution in [0.2, 0.25) is 0 Å². The molecule has 1 saturated heterocycles. The van der Waals surface area contributed by atoms with Gasteiger partial charge in [0.25, 0.3) is 5.91 Å². The smallest absolute Gasteiger partial charge is 0.337 e. The first-order valence-corrected chi connectivity index (χ1v) is 9.22. The van der Waals surface area contributed by atoms with Gasteiger partial charge in [0, 0.05) is 36.7 Å². The third-order valence-corrected chi connectivity index (χ3v) is 5.49. The number of methoxy groups -OCH3 is 1. The Labute approximate surface area is 157 Å². The lowest BCUT2D eigenvalue weighted by atomic mass is 9.72. The Morgan fingerprint density at radius 2 is 1.93 bits per heavy atom. The minimum atomic E-state index is -0.580. The van der Waals surface area contributed by atoms with E-state index in [-0.39, 0.29) is 23.2 Å². The summed E-state index contributed by atoms with van der Waals surface area (Å²) in [7, 11) is 1.30. The van der Waals surface area contributed by atoms with Crippen LogP contribution in [0.3, 0.4) is 0 Å². The maximum Gasteiger partial charge on any atom is 0.337 e. The van der Waals surface area contributed by atoms with Gasteiger partial charge in [-0.3, -0.25) is 9.59 Å². The molecule has 27 heavy (non-hydrogen) atoms. The van der Waals surface area contributed by atoms with E-state index in [1.54, 1.807) is 0 Å². The van der Waals surface area contributed by atoms with E-state index in [0.29, 0.717) is 30.8 Å². The van der Waals surface area contributed by atoms with Crippen molar-refractivity contribution >= 4 is 17.7 Å². The largest absolute Gasteiger partial charge is 0.466 e. The minimum absolute atomic E-state index is 0.0454. The molecule has 3 aliphatic rings. The van der Waals surface area contributed by atoms with E-state index in [1.165, 1.54) is 7.11 Å². The van der Waals surface area contributed by atoms with Gasteiger partial charge >= 0.3 is 5.97 Å². The van der Waals surface area contributed by atoms with Crippen LogP contribution in [0.4, 0.5) is 0 Å². The summed E-state index contributed by atoms with van der Waals surface area (Å²) in [6.07, 6.45) is 1.17. The summed E-state index contributed by atoms with van der Waals surface area (Å²) in [6.45, 7) is 3.07. The van der Waals surface area contributed by atoms with Gasteiger partial charge in [-0.2, -0.15) is 0 Å². The Kier molecular flexibility index (Phi) is 4.34. The summed E-state index contributed by atoms with van der Waals surface area (Å²) < 4.78 is 5.04. The zero-order chi connectivity index (χ0) is 19.1. The fraction of sp³-hybridized carbons (Fsp3) is 0.381. The minimum Gasteiger partial charge on any atom is -0.466 e.